The Kier molecular flexibility index (Phi) is 7.50. The van der Waals surface area contributed by atoms with Gasteiger partial charge in [-0.25, -0.2) is 4.79 Å². The first kappa shape index (κ1) is 16.3. The molecule has 0 aliphatic carbocycles. The van der Waals surface area contributed by atoms with Gasteiger partial charge in [0.1, 0.15) is 5.75 Å². The normalized spacial score (nSPS) is 10.4. The highest BCUT2D eigenvalue weighted by molar-refractivity contribution is 5.73. The van der Waals surface area contributed by atoms with Crippen LogP contribution in [0.25, 0.3) is 0 Å². The van der Waals surface area contributed by atoms with Gasteiger partial charge in [0, 0.05) is 13.1 Å². The Labute approximate surface area is 121 Å². The summed E-state index contributed by atoms with van der Waals surface area (Å²) < 4.78 is 5.27. The van der Waals surface area contributed by atoms with Crippen molar-refractivity contribution < 1.29 is 9.53 Å². The summed E-state index contributed by atoms with van der Waals surface area (Å²) in [7, 11) is 5.70. The molecule has 5 nitrogen and oxygen atoms in total. The molecule has 0 heterocycles. The van der Waals surface area contributed by atoms with Gasteiger partial charge in [0.05, 0.1) is 7.11 Å². The maximum atomic E-state index is 11.6. The molecular weight excluding hydrogens is 254 g/mol. The maximum absolute atomic E-state index is 11.6. The highest BCUT2D eigenvalue weighted by Gasteiger charge is 2.03. The monoisotopic (exact) mass is 279 g/mol. The smallest absolute Gasteiger partial charge is 0.314 e. The molecule has 0 saturated carbocycles. The van der Waals surface area contributed by atoms with Gasteiger partial charge in [-0.05, 0) is 45.1 Å². The average Bonchev–Trinajstić information content (AvgIpc) is 2.44. The SMILES string of the molecule is COc1ccccc1CCNC(=O)NCCCN(C)C. The van der Waals surface area contributed by atoms with E-state index in [9.17, 15) is 4.79 Å². The summed E-state index contributed by atoms with van der Waals surface area (Å²) in [5.41, 5.74) is 1.10. The predicted octanol–water partition coefficient (Wildman–Crippen LogP) is 1.49. The summed E-state index contributed by atoms with van der Waals surface area (Å²) in [6.45, 7) is 2.26. The van der Waals surface area contributed by atoms with E-state index in [0.29, 0.717) is 13.1 Å². The van der Waals surface area contributed by atoms with Crippen LogP contribution in [0.3, 0.4) is 0 Å². The summed E-state index contributed by atoms with van der Waals surface area (Å²) in [6, 6.07) is 7.73. The van der Waals surface area contributed by atoms with Crippen molar-refractivity contribution in [3.8, 4) is 5.75 Å². The standard InChI is InChI=1S/C15H25N3O2/c1-18(2)12-6-10-16-15(19)17-11-9-13-7-4-5-8-14(13)20-3/h4-5,7-8H,6,9-12H2,1-3H3,(H2,16,17,19). The van der Waals surface area contributed by atoms with Gasteiger partial charge in [-0.3, -0.25) is 0 Å². The van der Waals surface area contributed by atoms with Crippen molar-refractivity contribution in [1.29, 1.82) is 0 Å². The number of para-hydroxylation sites is 1. The first-order chi connectivity index (χ1) is 9.63. The first-order valence-corrected chi connectivity index (χ1v) is 6.92. The zero-order chi connectivity index (χ0) is 14.8. The molecule has 0 spiro atoms. The van der Waals surface area contributed by atoms with Crippen LogP contribution in [0, 0.1) is 0 Å². The molecule has 0 radical (unpaired) electrons. The number of nitrogens with one attached hydrogen (secondary N) is 2. The van der Waals surface area contributed by atoms with Gasteiger partial charge in [-0.2, -0.15) is 0 Å². The number of carbonyl (C=O) groups is 1. The zero-order valence-electron chi connectivity index (χ0n) is 12.6. The number of methoxy groups -OCH3 is 1. The molecule has 0 aromatic heterocycles. The Morgan fingerprint density at radius 2 is 1.90 bits per heavy atom. The van der Waals surface area contributed by atoms with Crippen molar-refractivity contribution in [3.05, 3.63) is 29.8 Å². The number of hydrogen-bond acceptors (Lipinski definition) is 3. The molecule has 0 atom stereocenters. The second kappa shape index (κ2) is 9.20. The molecule has 2 N–H and O–H groups in total. The molecule has 5 heteroatoms. The third-order valence-corrected chi connectivity index (χ3v) is 2.94. The number of benzene rings is 1. The van der Waals surface area contributed by atoms with Crippen LogP contribution in [0.4, 0.5) is 4.79 Å². The average molecular weight is 279 g/mol. The topological polar surface area (TPSA) is 53.6 Å². The van der Waals surface area contributed by atoms with E-state index in [4.69, 9.17) is 4.74 Å². The van der Waals surface area contributed by atoms with Crippen molar-refractivity contribution in [2.45, 2.75) is 12.8 Å². The molecule has 20 heavy (non-hydrogen) atoms. The minimum Gasteiger partial charge on any atom is -0.496 e. The largest absolute Gasteiger partial charge is 0.496 e. The van der Waals surface area contributed by atoms with Crippen LogP contribution in [-0.2, 0) is 6.42 Å². The lowest BCUT2D eigenvalue weighted by molar-refractivity contribution is 0.240. The van der Waals surface area contributed by atoms with Gasteiger partial charge in [-0.1, -0.05) is 18.2 Å². The number of urea groups is 1. The Bertz CT molecular complexity index is 408. The van der Waals surface area contributed by atoms with E-state index >= 15 is 0 Å². The van der Waals surface area contributed by atoms with Gasteiger partial charge in [0.2, 0.25) is 0 Å². The summed E-state index contributed by atoms with van der Waals surface area (Å²) >= 11 is 0. The number of amides is 2. The Balaban J connectivity index is 2.18. The van der Waals surface area contributed by atoms with E-state index in [-0.39, 0.29) is 6.03 Å². The molecule has 0 unspecified atom stereocenters. The minimum atomic E-state index is -0.112. The van der Waals surface area contributed by atoms with Crippen molar-refractivity contribution in [2.24, 2.45) is 0 Å². The lowest BCUT2D eigenvalue weighted by Gasteiger charge is -2.11. The van der Waals surface area contributed by atoms with E-state index in [1.165, 1.54) is 0 Å². The Hall–Kier alpha value is -1.75. The van der Waals surface area contributed by atoms with E-state index < -0.39 is 0 Å². The third kappa shape index (κ3) is 6.43. The van der Waals surface area contributed by atoms with Crippen molar-refractivity contribution in [1.82, 2.24) is 15.5 Å². The number of hydrogen-bond donors (Lipinski definition) is 2. The molecule has 2 amide bonds. The maximum Gasteiger partial charge on any atom is 0.314 e. The van der Waals surface area contributed by atoms with Crippen LogP contribution < -0.4 is 15.4 Å². The first-order valence-electron chi connectivity index (χ1n) is 6.92. The molecule has 0 aliphatic rings. The molecule has 1 aromatic rings. The third-order valence-electron chi connectivity index (χ3n) is 2.94. The van der Waals surface area contributed by atoms with Crippen molar-refractivity contribution >= 4 is 6.03 Å². The molecule has 0 bridgehead atoms. The number of rotatable bonds is 8. The van der Waals surface area contributed by atoms with Gasteiger partial charge in [0.25, 0.3) is 0 Å². The number of carbonyl (C=O) groups excluding carboxylic acids is 1. The van der Waals surface area contributed by atoms with E-state index in [2.05, 4.69) is 15.5 Å². The van der Waals surface area contributed by atoms with Gasteiger partial charge in [-0.15, -0.1) is 0 Å². The number of ether oxygens (including phenoxy) is 1. The van der Waals surface area contributed by atoms with Crippen LogP contribution >= 0.6 is 0 Å². The zero-order valence-corrected chi connectivity index (χ0v) is 12.6. The highest BCUT2D eigenvalue weighted by atomic mass is 16.5. The molecular formula is C15H25N3O2. The van der Waals surface area contributed by atoms with Crippen molar-refractivity contribution in [2.75, 3.05) is 40.8 Å². The minimum absolute atomic E-state index is 0.112. The number of nitrogens with zero attached hydrogens (tertiary/aromatic N) is 1. The lowest BCUT2D eigenvalue weighted by Crippen LogP contribution is -2.37. The lowest BCUT2D eigenvalue weighted by atomic mass is 10.1. The fraction of sp³-hybridized carbons (Fsp3) is 0.533. The van der Waals surface area contributed by atoms with E-state index in [1.807, 2.05) is 38.4 Å². The van der Waals surface area contributed by atoms with Crippen LogP contribution in [0.1, 0.15) is 12.0 Å². The molecule has 112 valence electrons. The van der Waals surface area contributed by atoms with Crippen LogP contribution in [-0.4, -0.2) is 51.8 Å². The second-order valence-electron chi connectivity index (χ2n) is 4.90. The van der Waals surface area contributed by atoms with Gasteiger partial charge in [0.15, 0.2) is 0 Å². The Morgan fingerprint density at radius 3 is 2.60 bits per heavy atom. The van der Waals surface area contributed by atoms with Crippen molar-refractivity contribution in [3.63, 3.8) is 0 Å². The quantitative estimate of drug-likeness (QED) is 0.709. The Morgan fingerprint density at radius 1 is 1.20 bits per heavy atom. The summed E-state index contributed by atoms with van der Waals surface area (Å²) in [5, 5.41) is 5.70. The van der Waals surface area contributed by atoms with Crippen LogP contribution in [0.15, 0.2) is 24.3 Å². The van der Waals surface area contributed by atoms with E-state index in [1.54, 1.807) is 7.11 Å². The summed E-state index contributed by atoms with van der Waals surface area (Å²) in [6.07, 6.45) is 1.71. The molecule has 1 rings (SSSR count). The van der Waals surface area contributed by atoms with Crippen LogP contribution in [0.5, 0.6) is 5.75 Å². The molecule has 0 fully saturated rings. The van der Waals surface area contributed by atoms with Gasteiger partial charge < -0.3 is 20.3 Å². The van der Waals surface area contributed by atoms with Gasteiger partial charge >= 0.3 is 6.03 Å². The highest BCUT2D eigenvalue weighted by Crippen LogP contribution is 2.17. The molecule has 0 aliphatic heterocycles. The summed E-state index contributed by atoms with van der Waals surface area (Å²) in [4.78, 5) is 13.7. The molecule has 0 saturated heterocycles. The van der Waals surface area contributed by atoms with Crippen LogP contribution in [0.2, 0.25) is 0 Å². The fourth-order valence-corrected chi connectivity index (χ4v) is 1.88. The van der Waals surface area contributed by atoms with E-state index in [0.717, 1.165) is 30.7 Å². The second-order valence-corrected chi connectivity index (χ2v) is 4.90. The molecule has 1 aromatic carbocycles. The summed E-state index contributed by atoms with van der Waals surface area (Å²) in [5.74, 6) is 0.862. The predicted molar refractivity (Wildman–Crippen MR) is 81.3 cm³/mol. The fourth-order valence-electron chi connectivity index (χ4n) is 1.88.